The Bertz CT molecular complexity index is 2090. The van der Waals surface area contributed by atoms with E-state index < -0.39 is 0 Å². The first-order valence-electron chi connectivity index (χ1n) is 16.3. The Hall–Kier alpha value is -3.93. The number of aryl methyl sites for hydroxylation is 2. The van der Waals surface area contributed by atoms with Crippen LogP contribution in [0.25, 0.3) is 55.0 Å². The molecule has 1 N–H and O–H groups in total. The minimum absolute atomic E-state index is 0. The third-order valence-corrected chi connectivity index (χ3v) is 10.1. The van der Waals surface area contributed by atoms with E-state index >= 15 is 0 Å². The zero-order valence-corrected chi connectivity index (χ0v) is 31.0. The summed E-state index contributed by atoms with van der Waals surface area (Å²) in [6.07, 6.45) is 6.38. The van der Waals surface area contributed by atoms with Crippen molar-refractivity contribution in [2.75, 3.05) is 0 Å². The van der Waals surface area contributed by atoms with E-state index in [4.69, 9.17) is 4.42 Å². The van der Waals surface area contributed by atoms with Gasteiger partial charge < -0.3 is 9.52 Å². The Morgan fingerprint density at radius 3 is 2.23 bits per heavy atom. The predicted octanol–water partition coefficient (Wildman–Crippen LogP) is 10.8. The standard InChI is InChI=1S/C25H16N3O.C15H28O2.Ir/c1-14-5-3-6-16-10-12-19-22(26-13-27-23(19)21(14)16)20-8-4-7-17-18-11-9-15(2)28-25(18)29-24(17)20;1-7-14(5,8-2)12(16)11-13(17)15(6,9-3)10-4;/h3-7,9-13H,1-2H3;11,16H,7-10H2,1-6H3;/q-1;;/b;12-11-;. The Balaban J connectivity index is 0.000000242. The van der Waals surface area contributed by atoms with Gasteiger partial charge in [-0.2, -0.15) is 0 Å². The SMILES string of the molecule is CCC(C)(CC)C(=O)/C=C(\O)C(C)(CC)CC.Cc1ccc2c(n1)oc1c(-c3ncnc4c3ccc3cccc(C)c34)[c-]ccc12.[Ir]. The molecule has 247 valence electrons. The molecule has 6 nitrogen and oxygen atoms in total. The fourth-order valence-corrected chi connectivity index (χ4v) is 5.85. The van der Waals surface area contributed by atoms with E-state index in [1.807, 2.05) is 66.7 Å². The van der Waals surface area contributed by atoms with Crippen molar-refractivity contribution in [3.63, 3.8) is 0 Å². The van der Waals surface area contributed by atoms with E-state index in [0.717, 1.165) is 75.3 Å². The number of aromatic nitrogens is 3. The predicted molar refractivity (Wildman–Crippen MR) is 189 cm³/mol. The normalized spacial score (nSPS) is 12.3. The Morgan fingerprint density at radius 2 is 1.55 bits per heavy atom. The molecule has 0 saturated heterocycles. The van der Waals surface area contributed by atoms with Crippen molar-refractivity contribution in [3.8, 4) is 11.3 Å². The summed E-state index contributed by atoms with van der Waals surface area (Å²) in [5, 5.41) is 15.5. The van der Waals surface area contributed by atoms with Gasteiger partial charge in [0.1, 0.15) is 12.1 Å². The van der Waals surface area contributed by atoms with E-state index in [0.29, 0.717) is 5.71 Å². The van der Waals surface area contributed by atoms with Crippen molar-refractivity contribution in [1.82, 2.24) is 15.0 Å². The number of carbonyl (C=O) groups is 1. The maximum absolute atomic E-state index is 12.2. The van der Waals surface area contributed by atoms with Crippen molar-refractivity contribution in [1.29, 1.82) is 0 Å². The van der Waals surface area contributed by atoms with Crippen LogP contribution in [0.1, 0.15) is 78.5 Å². The molecular weight excluding hydrogens is 763 g/mol. The molecule has 0 amide bonds. The fourth-order valence-electron chi connectivity index (χ4n) is 5.85. The van der Waals surface area contributed by atoms with Crippen LogP contribution in [0.3, 0.4) is 0 Å². The number of nitrogens with zero attached hydrogens (tertiary/aromatic N) is 3. The number of ketones is 1. The van der Waals surface area contributed by atoms with Crippen LogP contribution in [0.2, 0.25) is 0 Å². The number of fused-ring (bicyclic) bond motifs is 6. The summed E-state index contributed by atoms with van der Waals surface area (Å²) in [7, 11) is 0. The van der Waals surface area contributed by atoms with E-state index in [1.54, 1.807) is 6.33 Å². The first-order chi connectivity index (χ1) is 22.0. The third kappa shape index (κ3) is 6.75. The average molecular weight is 807 g/mol. The van der Waals surface area contributed by atoms with Gasteiger partial charge in [0.15, 0.2) is 5.78 Å². The number of aliphatic hydroxyl groups excluding tert-OH is 1. The second-order valence-electron chi connectivity index (χ2n) is 12.8. The average Bonchev–Trinajstić information content (AvgIpc) is 3.45. The summed E-state index contributed by atoms with van der Waals surface area (Å²) in [6.45, 7) is 16.2. The summed E-state index contributed by atoms with van der Waals surface area (Å²) >= 11 is 0. The molecule has 0 aliphatic rings. The van der Waals surface area contributed by atoms with Gasteiger partial charge in [-0.05, 0) is 68.0 Å². The number of benzene rings is 3. The van der Waals surface area contributed by atoms with Gasteiger partial charge in [-0.15, -0.1) is 18.2 Å². The Labute approximate surface area is 291 Å². The van der Waals surface area contributed by atoms with Gasteiger partial charge in [-0.1, -0.05) is 82.8 Å². The molecule has 0 fully saturated rings. The smallest absolute Gasteiger partial charge is 0.216 e. The van der Waals surface area contributed by atoms with E-state index in [-0.39, 0.29) is 42.5 Å². The Morgan fingerprint density at radius 1 is 0.872 bits per heavy atom. The number of hydrogen-bond donors (Lipinski definition) is 1. The van der Waals surface area contributed by atoms with Crippen molar-refractivity contribution >= 4 is 49.5 Å². The van der Waals surface area contributed by atoms with Crippen LogP contribution in [0.5, 0.6) is 0 Å². The molecule has 6 rings (SSSR count). The van der Waals surface area contributed by atoms with Gasteiger partial charge in [-0.25, -0.2) is 9.97 Å². The number of aliphatic hydroxyl groups is 1. The number of furan rings is 1. The number of allylic oxidation sites excluding steroid dienone is 2. The van der Waals surface area contributed by atoms with Gasteiger partial charge >= 0.3 is 0 Å². The molecule has 6 aromatic rings. The maximum atomic E-state index is 12.2. The van der Waals surface area contributed by atoms with Crippen molar-refractivity contribution in [2.45, 2.75) is 81.1 Å². The quantitative estimate of drug-likeness (QED) is 0.0713. The summed E-state index contributed by atoms with van der Waals surface area (Å²) in [5.74, 6) is 0.286. The van der Waals surface area contributed by atoms with Crippen molar-refractivity contribution in [2.24, 2.45) is 10.8 Å². The number of carbonyl (C=O) groups excluding carboxylic acids is 1. The molecule has 0 aliphatic carbocycles. The molecule has 3 aromatic heterocycles. The number of hydrogen-bond acceptors (Lipinski definition) is 6. The van der Waals surface area contributed by atoms with Gasteiger partial charge in [0.2, 0.25) is 5.71 Å². The molecule has 0 spiro atoms. The van der Waals surface area contributed by atoms with Crippen molar-refractivity contribution in [3.05, 3.63) is 90.1 Å². The zero-order chi connectivity index (χ0) is 33.2. The van der Waals surface area contributed by atoms with Gasteiger partial charge in [0, 0.05) is 59.2 Å². The van der Waals surface area contributed by atoms with Crippen LogP contribution < -0.4 is 0 Å². The molecule has 0 saturated carbocycles. The summed E-state index contributed by atoms with van der Waals surface area (Å²) < 4.78 is 6.18. The molecule has 3 heterocycles. The molecule has 0 bridgehead atoms. The van der Waals surface area contributed by atoms with Crippen LogP contribution in [0.15, 0.2) is 77.2 Å². The molecule has 0 unspecified atom stereocenters. The number of pyridine rings is 1. The van der Waals surface area contributed by atoms with Crippen LogP contribution in [-0.4, -0.2) is 25.8 Å². The van der Waals surface area contributed by atoms with E-state index in [1.165, 1.54) is 17.0 Å². The number of rotatable bonds is 8. The van der Waals surface area contributed by atoms with Gasteiger partial charge in [0.05, 0.1) is 11.1 Å². The zero-order valence-electron chi connectivity index (χ0n) is 28.6. The fraction of sp³-hybridized carbons (Fsp3) is 0.350. The molecule has 7 heteroatoms. The van der Waals surface area contributed by atoms with Gasteiger partial charge in [-0.3, -0.25) is 9.78 Å². The molecule has 0 aliphatic heterocycles. The summed E-state index contributed by atoms with van der Waals surface area (Å²) in [4.78, 5) is 26.0. The molecule has 1 radical (unpaired) electrons. The molecular formula is C40H44IrN3O3-. The first kappa shape index (κ1) is 35.9. The van der Waals surface area contributed by atoms with E-state index in [9.17, 15) is 9.90 Å². The van der Waals surface area contributed by atoms with Gasteiger partial charge in [0.25, 0.3) is 0 Å². The van der Waals surface area contributed by atoms with E-state index in [2.05, 4.69) is 64.3 Å². The minimum atomic E-state index is -0.337. The second-order valence-corrected chi connectivity index (χ2v) is 12.8. The summed E-state index contributed by atoms with van der Waals surface area (Å²) in [6, 6.07) is 21.9. The maximum Gasteiger partial charge on any atom is 0.216 e. The van der Waals surface area contributed by atoms with Crippen LogP contribution in [-0.2, 0) is 24.9 Å². The van der Waals surface area contributed by atoms with Crippen LogP contribution >= 0.6 is 0 Å². The first-order valence-corrected chi connectivity index (χ1v) is 16.3. The van der Waals surface area contributed by atoms with Crippen LogP contribution in [0, 0.1) is 30.7 Å². The second kappa shape index (κ2) is 14.5. The van der Waals surface area contributed by atoms with Crippen molar-refractivity contribution < 1.29 is 34.4 Å². The Kier molecular flexibility index (Phi) is 11.0. The molecule has 3 aromatic carbocycles. The topological polar surface area (TPSA) is 89.1 Å². The summed E-state index contributed by atoms with van der Waals surface area (Å²) in [5.41, 5.74) is 5.51. The molecule has 0 atom stereocenters. The molecule has 47 heavy (non-hydrogen) atoms. The minimum Gasteiger partial charge on any atom is -0.512 e. The third-order valence-electron chi connectivity index (χ3n) is 10.1. The van der Waals surface area contributed by atoms with Crippen LogP contribution in [0.4, 0.5) is 0 Å². The largest absolute Gasteiger partial charge is 0.512 e. The monoisotopic (exact) mass is 807 g/mol.